The number of piperidine rings is 1. The summed E-state index contributed by atoms with van der Waals surface area (Å²) >= 11 is 0. The van der Waals surface area contributed by atoms with Crippen molar-refractivity contribution in [2.75, 3.05) is 6.61 Å². The molecule has 1 N–H and O–H groups in total. The number of likely N-dealkylation sites (tertiary alicyclic amines) is 1. The van der Waals surface area contributed by atoms with E-state index in [-0.39, 0.29) is 37.7 Å². The molecule has 0 unspecified atom stereocenters. The van der Waals surface area contributed by atoms with Crippen LogP contribution in [-0.4, -0.2) is 45.3 Å². The number of amides is 2. The van der Waals surface area contributed by atoms with Gasteiger partial charge in [-0.2, -0.15) is 0 Å². The van der Waals surface area contributed by atoms with Gasteiger partial charge in [0.1, 0.15) is 6.04 Å². The minimum Gasteiger partial charge on any atom is -0.464 e. The van der Waals surface area contributed by atoms with Crippen molar-refractivity contribution in [3.8, 4) is 0 Å². The Morgan fingerprint density at radius 1 is 1.45 bits per heavy atom. The van der Waals surface area contributed by atoms with E-state index in [4.69, 9.17) is 4.74 Å². The second-order valence-corrected chi connectivity index (χ2v) is 4.56. The maximum Gasteiger partial charge on any atom is 0.329 e. The van der Waals surface area contributed by atoms with Gasteiger partial charge in [-0.15, -0.1) is 0 Å². The number of esters is 1. The molecule has 2 amide bonds. The molecule has 0 aromatic carbocycles. The quantitative estimate of drug-likeness (QED) is 0.623. The number of aromatic amines is 1. The summed E-state index contributed by atoms with van der Waals surface area (Å²) in [6.07, 6.45) is 4.34. The van der Waals surface area contributed by atoms with Gasteiger partial charge in [0.25, 0.3) is 0 Å². The molecule has 2 rings (SSSR count). The molecule has 108 valence electrons. The van der Waals surface area contributed by atoms with E-state index in [1.165, 1.54) is 6.33 Å². The molecule has 1 aromatic heterocycles. The van der Waals surface area contributed by atoms with Crippen LogP contribution in [0.2, 0.25) is 0 Å². The van der Waals surface area contributed by atoms with Crippen molar-refractivity contribution in [1.29, 1.82) is 0 Å². The molecule has 7 heteroatoms. The van der Waals surface area contributed by atoms with Gasteiger partial charge in [-0.05, 0) is 13.3 Å². The molecular formula is C13H17N3O4. The lowest BCUT2D eigenvalue weighted by molar-refractivity contribution is -0.163. The largest absolute Gasteiger partial charge is 0.464 e. The minimum atomic E-state index is -0.921. The fourth-order valence-electron chi connectivity index (χ4n) is 2.24. The van der Waals surface area contributed by atoms with E-state index in [0.717, 1.165) is 4.90 Å². The third kappa shape index (κ3) is 3.04. The molecule has 0 aliphatic carbocycles. The van der Waals surface area contributed by atoms with Gasteiger partial charge < -0.3 is 9.72 Å². The van der Waals surface area contributed by atoms with Crippen molar-refractivity contribution in [1.82, 2.24) is 14.9 Å². The molecule has 7 nitrogen and oxygen atoms in total. The Morgan fingerprint density at radius 2 is 2.15 bits per heavy atom. The van der Waals surface area contributed by atoms with Crippen LogP contribution in [0.25, 0.3) is 0 Å². The van der Waals surface area contributed by atoms with E-state index in [1.54, 1.807) is 13.1 Å². The van der Waals surface area contributed by atoms with Gasteiger partial charge in [-0.3, -0.25) is 14.5 Å². The topological polar surface area (TPSA) is 92.4 Å². The molecule has 1 aliphatic heterocycles. The van der Waals surface area contributed by atoms with Crippen molar-refractivity contribution < 1.29 is 19.1 Å². The third-order valence-corrected chi connectivity index (χ3v) is 3.16. The van der Waals surface area contributed by atoms with Gasteiger partial charge >= 0.3 is 5.97 Å². The highest BCUT2D eigenvalue weighted by Crippen LogP contribution is 2.18. The van der Waals surface area contributed by atoms with E-state index in [0.29, 0.717) is 12.1 Å². The number of rotatable bonds is 5. The van der Waals surface area contributed by atoms with E-state index >= 15 is 0 Å². The van der Waals surface area contributed by atoms with Crippen LogP contribution < -0.4 is 0 Å². The van der Waals surface area contributed by atoms with Crippen LogP contribution in [0.3, 0.4) is 0 Å². The summed E-state index contributed by atoms with van der Waals surface area (Å²) in [6, 6.07) is -0.921. The number of imide groups is 1. The summed E-state index contributed by atoms with van der Waals surface area (Å²) in [7, 11) is 0. The highest BCUT2D eigenvalue weighted by Gasteiger charge is 2.37. The molecule has 1 fully saturated rings. The highest BCUT2D eigenvalue weighted by molar-refractivity contribution is 6.01. The van der Waals surface area contributed by atoms with Crippen LogP contribution in [0.15, 0.2) is 12.5 Å². The van der Waals surface area contributed by atoms with E-state index in [2.05, 4.69) is 9.97 Å². The first-order valence-electron chi connectivity index (χ1n) is 6.62. The normalized spacial score (nSPS) is 17.1. The molecule has 0 radical (unpaired) electrons. The zero-order valence-corrected chi connectivity index (χ0v) is 11.3. The summed E-state index contributed by atoms with van der Waals surface area (Å²) in [6.45, 7) is 1.89. The van der Waals surface area contributed by atoms with Crippen LogP contribution in [0.1, 0.15) is 31.9 Å². The Balaban J connectivity index is 2.22. The Kier molecular flexibility index (Phi) is 4.49. The van der Waals surface area contributed by atoms with Crippen molar-refractivity contribution >= 4 is 17.8 Å². The zero-order chi connectivity index (χ0) is 14.5. The average Bonchev–Trinajstić information content (AvgIpc) is 2.90. The van der Waals surface area contributed by atoms with Gasteiger partial charge in [0.2, 0.25) is 11.8 Å². The molecule has 1 aliphatic rings. The lowest BCUT2D eigenvalue weighted by Gasteiger charge is -2.31. The molecule has 0 bridgehead atoms. The number of hydrogen-bond acceptors (Lipinski definition) is 5. The molecular weight excluding hydrogens is 262 g/mol. The lowest BCUT2D eigenvalue weighted by Crippen LogP contribution is -2.52. The van der Waals surface area contributed by atoms with E-state index in [9.17, 15) is 14.4 Å². The van der Waals surface area contributed by atoms with Crippen molar-refractivity contribution in [3.05, 3.63) is 18.2 Å². The molecule has 20 heavy (non-hydrogen) atoms. The number of hydrogen-bond donors (Lipinski definition) is 1. The van der Waals surface area contributed by atoms with Crippen molar-refractivity contribution in [2.45, 2.75) is 38.6 Å². The van der Waals surface area contributed by atoms with Crippen molar-refractivity contribution in [2.24, 2.45) is 0 Å². The third-order valence-electron chi connectivity index (χ3n) is 3.16. The summed E-state index contributed by atoms with van der Waals surface area (Å²) in [4.78, 5) is 43.7. The second-order valence-electron chi connectivity index (χ2n) is 4.56. The zero-order valence-electron chi connectivity index (χ0n) is 11.3. The number of H-pyrrole nitrogens is 1. The van der Waals surface area contributed by atoms with Gasteiger partial charge in [-0.1, -0.05) is 0 Å². The van der Waals surface area contributed by atoms with E-state index in [1.807, 2.05) is 0 Å². The first-order valence-corrected chi connectivity index (χ1v) is 6.62. The standard InChI is InChI=1S/C13H17N3O4/c1-2-20-13(19)10(6-9-7-14-8-15-9)16-11(17)4-3-5-12(16)18/h7-8,10H,2-6H2,1H3,(H,14,15)/t10-/m0/s1. The molecule has 2 heterocycles. The number of imidazole rings is 1. The van der Waals surface area contributed by atoms with Gasteiger partial charge in [-0.25, -0.2) is 9.78 Å². The number of nitrogens with one attached hydrogen (secondary N) is 1. The predicted molar refractivity (Wildman–Crippen MR) is 68.4 cm³/mol. The Labute approximate surface area is 116 Å². The van der Waals surface area contributed by atoms with Gasteiger partial charge in [0.05, 0.1) is 12.9 Å². The molecule has 0 saturated carbocycles. The number of ether oxygens (including phenoxy) is 1. The smallest absolute Gasteiger partial charge is 0.329 e. The van der Waals surface area contributed by atoms with Gasteiger partial charge in [0.15, 0.2) is 0 Å². The molecule has 1 saturated heterocycles. The van der Waals surface area contributed by atoms with Crippen LogP contribution in [-0.2, 0) is 25.5 Å². The van der Waals surface area contributed by atoms with Gasteiger partial charge in [0, 0.05) is 31.2 Å². The molecule has 1 aromatic rings. The summed E-state index contributed by atoms with van der Waals surface area (Å²) < 4.78 is 4.98. The Morgan fingerprint density at radius 3 is 2.70 bits per heavy atom. The summed E-state index contributed by atoms with van der Waals surface area (Å²) in [5, 5.41) is 0. The fourth-order valence-corrected chi connectivity index (χ4v) is 2.24. The van der Waals surface area contributed by atoms with Crippen molar-refractivity contribution in [3.63, 3.8) is 0 Å². The van der Waals surface area contributed by atoms with Crippen LogP contribution >= 0.6 is 0 Å². The van der Waals surface area contributed by atoms with E-state index < -0.39 is 12.0 Å². The fraction of sp³-hybridized carbons (Fsp3) is 0.538. The van der Waals surface area contributed by atoms with Crippen LogP contribution in [0.4, 0.5) is 0 Å². The monoisotopic (exact) mass is 279 g/mol. The first-order chi connectivity index (χ1) is 9.63. The van der Waals surface area contributed by atoms with Crippen LogP contribution in [0.5, 0.6) is 0 Å². The number of carbonyl (C=O) groups excluding carboxylic acids is 3. The minimum absolute atomic E-state index is 0.191. The highest BCUT2D eigenvalue weighted by atomic mass is 16.5. The number of carbonyl (C=O) groups is 3. The lowest BCUT2D eigenvalue weighted by atomic mass is 10.0. The second kappa shape index (κ2) is 6.31. The SMILES string of the molecule is CCOC(=O)[C@H](Cc1cnc[nH]1)N1C(=O)CCCC1=O. The average molecular weight is 279 g/mol. The first kappa shape index (κ1) is 14.2. The Hall–Kier alpha value is -2.18. The Bertz CT molecular complexity index is 482. The number of nitrogens with zero attached hydrogens (tertiary/aromatic N) is 2. The molecule has 0 spiro atoms. The predicted octanol–water partition coefficient (Wildman–Crippen LogP) is 0.423. The van der Waals surface area contributed by atoms with Crippen LogP contribution in [0, 0.1) is 0 Å². The summed E-state index contributed by atoms with van der Waals surface area (Å²) in [5.41, 5.74) is 0.675. The number of aromatic nitrogens is 2. The maximum atomic E-state index is 12.1. The maximum absolute atomic E-state index is 12.1. The molecule has 1 atom stereocenters. The summed E-state index contributed by atoms with van der Waals surface area (Å²) in [5.74, 6) is -1.21.